The van der Waals surface area contributed by atoms with Gasteiger partial charge >= 0.3 is 0 Å². The lowest BCUT2D eigenvalue weighted by molar-refractivity contribution is -0.127. The van der Waals surface area contributed by atoms with Gasteiger partial charge in [0.15, 0.2) is 0 Å². The first-order chi connectivity index (χ1) is 7.91. The summed E-state index contributed by atoms with van der Waals surface area (Å²) in [5.41, 5.74) is -0.922. The van der Waals surface area contributed by atoms with Crippen molar-refractivity contribution < 1.29 is 14.6 Å². The zero-order valence-corrected chi connectivity index (χ0v) is 10.8. The first-order valence-electron chi connectivity index (χ1n) is 5.87. The number of amides is 1. The molecule has 0 aromatic rings. The van der Waals surface area contributed by atoms with Crippen molar-refractivity contribution in [3.8, 4) is 0 Å². The van der Waals surface area contributed by atoms with Crippen molar-refractivity contribution in [2.45, 2.75) is 18.6 Å². The molecule has 1 aliphatic rings. The van der Waals surface area contributed by atoms with E-state index in [-0.39, 0.29) is 18.5 Å². The second-order valence-corrected chi connectivity index (χ2v) is 5.03. The van der Waals surface area contributed by atoms with Gasteiger partial charge in [-0.15, -0.1) is 0 Å². The Kier molecular flexibility index (Phi) is 5.32. The van der Waals surface area contributed by atoms with Crippen LogP contribution in [0.2, 0.25) is 0 Å². The lowest BCUT2D eigenvalue weighted by atomic mass is 10.1. The highest BCUT2D eigenvalue weighted by atomic mass is 16.5. The third kappa shape index (κ3) is 5.45. The molecule has 2 unspecified atom stereocenters. The van der Waals surface area contributed by atoms with Crippen molar-refractivity contribution in [1.29, 1.82) is 0 Å². The molecule has 0 aliphatic carbocycles. The van der Waals surface area contributed by atoms with E-state index < -0.39 is 5.60 Å². The van der Waals surface area contributed by atoms with Gasteiger partial charge in [-0.3, -0.25) is 4.79 Å². The van der Waals surface area contributed by atoms with E-state index in [0.29, 0.717) is 26.3 Å². The van der Waals surface area contributed by atoms with Crippen LogP contribution in [0.4, 0.5) is 0 Å². The number of aliphatic hydroxyl groups is 1. The van der Waals surface area contributed by atoms with E-state index in [1.807, 2.05) is 19.0 Å². The van der Waals surface area contributed by atoms with Crippen molar-refractivity contribution in [3.05, 3.63) is 0 Å². The molecule has 100 valence electrons. The van der Waals surface area contributed by atoms with E-state index in [1.54, 1.807) is 6.92 Å². The van der Waals surface area contributed by atoms with Gasteiger partial charge in [0.2, 0.25) is 5.91 Å². The molecule has 1 heterocycles. The molecule has 6 nitrogen and oxygen atoms in total. The molecule has 17 heavy (non-hydrogen) atoms. The molecule has 1 amide bonds. The first kappa shape index (κ1) is 14.4. The molecule has 6 heteroatoms. The Morgan fingerprint density at radius 3 is 2.88 bits per heavy atom. The third-order valence-electron chi connectivity index (χ3n) is 2.54. The minimum Gasteiger partial charge on any atom is -0.387 e. The van der Waals surface area contributed by atoms with Gasteiger partial charge < -0.3 is 25.4 Å². The van der Waals surface area contributed by atoms with Gasteiger partial charge in [0.1, 0.15) is 6.04 Å². The van der Waals surface area contributed by atoms with Crippen molar-refractivity contribution in [2.24, 2.45) is 0 Å². The number of carbonyl (C=O) groups excluding carboxylic acids is 1. The maximum Gasteiger partial charge on any atom is 0.239 e. The van der Waals surface area contributed by atoms with Crippen LogP contribution in [-0.4, -0.2) is 74.5 Å². The third-order valence-corrected chi connectivity index (χ3v) is 2.54. The van der Waals surface area contributed by atoms with Crippen LogP contribution in [0.3, 0.4) is 0 Å². The molecule has 0 saturated carbocycles. The number of likely N-dealkylation sites (N-methyl/N-ethyl adjacent to an activating group) is 1. The van der Waals surface area contributed by atoms with Crippen LogP contribution in [0.5, 0.6) is 0 Å². The topological polar surface area (TPSA) is 73.8 Å². The molecule has 2 atom stereocenters. The van der Waals surface area contributed by atoms with E-state index in [0.717, 1.165) is 0 Å². The number of ether oxygens (including phenoxy) is 1. The van der Waals surface area contributed by atoms with E-state index in [4.69, 9.17) is 4.74 Å². The fourth-order valence-corrected chi connectivity index (χ4v) is 1.87. The number of morpholine rings is 1. The average molecular weight is 245 g/mol. The normalized spacial score (nSPS) is 24.4. The van der Waals surface area contributed by atoms with Crippen LogP contribution in [0.15, 0.2) is 0 Å². The van der Waals surface area contributed by atoms with Gasteiger partial charge in [-0.05, 0) is 21.0 Å². The van der Waals surface area contributed by atoms with E-state index in [1.165, 1.54) is 0 Å². The van der Waals surface area contributed by atoms with Gasteiger partial charge in [0, 0.05) is 19.6 Å². The maximum atomic E-state index is 11.8. The van der Waals surface area contributed by atoms with Gasteiger partial charge in [-0.2, -0.15) is 0 Å². The molecule has 0 spiro atoms. The lowest BCUT2D eigenvalue weighted by Gasteiger charge is -2.29. The van der Waals surface area contributed by atoms with Crippen LogP contribution < -0.4 is 10.6 Å². The van der Waals surface area contributed by atoms with Crippen molar-refractivity contribution >= 4 is 5.91 Å². The van der Waals surface area contributed by atoms with Crippen LogP contribution in [-0.2, 0) is 9.53 Å². The monoisotopic (exact) mass is 245 g/mol. The molecule has 1 fully saturated rings. The Labute approximate surface area is 102 Å². The summed E-state index contributed by atoms with van der Waals surface area (Å²) in [6, 6.07) is -0.307. The minimum atomic E-state index is -0.922. The van der Waals surface area contributed by atoms with Crippen molar-refractivity contribution in [2.75, 3.05) is 46.9 Å². The first-order valence-corrected chi connectivity index (χ1v) is 5.87. The van der Waals surface area contributed by atoms with E-state index >= 15 is 0 Å². The summed E-state index contributed by atoms with van der Waals surface area (Å²) >= 11 is 0. The molecule has 0 aromatic heterocycles. The maximum absolute atomic E-state index is 11.8. The largest absolute Gasteiger partial charge is 0.387 e. The standard InChI is InChI=1S/C11H23N3O3/c1-11(16,8-14(2)3)7-13-10(15)9-6-17-5-4-12-9/h9,12,16H,4-8H2,1-3H3,(H,13,15). The highest BCUT2D eigenvalue weighted by Crippen LogP contribution is 2.03. The molecule has 0 aromatic carbocycles. The van der Waals surface area contributed by atoms with Crippen LogP contribution in [0.1, 0.15) is 6.92 Å². The summed E-state index contributed by atoms with van der Waals surface area (Å²) in [7, 11) is 3.76. The zero-order chi connectivity index (χ0) is 12.9. The number of hydrogen-bond acceptors (Lipinski definition) is 5. The van der Waals surface area contributed by atoms with Crippen molar-refractivity contribution in [3.63, 3.8) is 0 Å². The summed E-state index contributed by atoms with van der Waals surface area (Å²) in [5, 5.41) is 15.8. The van der Waals surface area contributed by atoms with Gasteiger partial charge in [-0.25, -0.2) is 0 Å². The Bertz CT molecular complexity index is 250. The molecule has 0 radical (unpaired) electrons. The molecule has 0 bridgehead atoms. The Balaban J connectivity index is 2.31. The quantitative estimate of drug-likeness (QED) is 0.544. The van der Waals surface area contributed by atoms with E-state index in [2.05, 4.69) is 10.6 Å². The molecule has 1 rings (SSSR count). The zero-order valence-electron chi connectivity index (χ0n) is 10.8. The SMILES string of the molecule is CN(C)CC(C)(O)CNC(=O)C1COCCN1. The summed E-state index contributed by atoms with van der Waals surface area (Å²) < 4.78 is 5.21. The molecular formula is C11H23N3O3. The average Bonchev–Trinajstić information content (AvgIpc) is 2.25. The van der Waals surface area contributed by atoms with Crippen LogP contribution in [0.25, 0.3) is 0 Å². The minimum absolute atomic E-state index is 0.122. The second kappa shape index (κ2) is 6.30. The molecular weight excluding hydrogens is 222 g/mol. The Morgan fingerprint density at radius 2 is 2.35 bits per heavy atom. The number of nitrogens with zero attached hydrogens (tertiary/aromatic N) is 1. The number of hydrogen-bond donors (Lipinski definition) is 3. The van der Waals surface area contributed by atoms with Crippen LogP contribution >= 0.6 is 0 Å². The Hall–Kier alpha value is -0.690. The van der Waals surface area contributed by atoms with Crippen molar-refractivity contribution in [1.82, 2.24) is 15.5 Å². The summed E-state index contributed by atoms with van der Waals surface area (Å²) in [6.07, 6.45) is 0. The Morgan fingerprint density at radius 1 is 1.65 bits per heavy atom. The predicted octanol–water partition coefficient (Wildman–Crippen LogP) is -1.60. The lowest BCUT2D eigenvalue weighted by Crippen LogP contribution is -2.55. The predicted molar refractivity (Wildman–Crippen MR) is 64.8 cm³/mol. The second-order valence-electron chi connectivity index (χ2n) is 5.03. The summed E-state index contributed by atoms with van der Waals surface area (Å²) in [6.45, 7) is 4.16. The molecule has 1 saturated heterocycles. The number of rotatable bonds is 5. The van der Waals surface area contributed by atoms with E-state index in [9.17, 15) is 9.90 Å². The van der Waals surface area contributed by atoms with Gasteiger partial charge in [0.25, 0.3) is 0 Å². The number of nitrogens with one attached hydrogen (secondary N) is 2. The summed E-state index contributed by atoms with van der Waals surface area (Å²) in [4.78, 5) is 13.6. The fraction of sp³-hybridized carbons (Fsp3) is 0.909. The highest BCUT2D eigenvalue weighted by molar-refractivity contribution is 5.82. The smallest absolute Gasteiger partial charge is 0.239 e. The van der Waals surface area contributed by atoms with Gasteiger partial charge in [0.05, 0.1) is 18.8 Å². The highest BCUT2D eigenvalue weighted by Gasteiger charge is 2.25. The van der Waals surface area contributed by atoms with Gasteiger partial charge in [-0.1, -0.05) is 0 Å². The number of carbonyl (C=O) groups is 1. The van der Waals surface area contributed by atoms with Crippen LogP contribution in [0, 0.1) is 0 Å². The fourth-order valence-electron chi connectivity index (χ4n) is 1.87. The summed E-state index contributed by atoms with van der Waals surface area (Å²) in [5.74, 6) is -0.122. The molecule has 3 N–H and O–H groups in total. The molecule has 1 aliphatic heterocycles.